The van der Waals surface area contributed by atoms with Gasteiger partial charge in [-0.2, -0.15) is 0 Å². The third-order valence-electron chi connectivity index (χ3n) is 1.57. The van der Waals surface area contributed by atoms with Crippen LogP contribution in [-0.2, 0) is 6.42 Å². The van der Waals surface area contributed by atoms with E-state index in [4.69, 9.17) is 5.73 Å². The smallest absolute Gasteiger partial charge is 0.131 e. The van der Waals surface area contributed by atoms with Crippen LogP contribution < -0.4 is 5.73 Å². The Morgan fingerprint density at radius 1 is 1.42 bits per heavy atom. The fraction of sp³-hybridized carbons (Fsp3) is 0.500. The molecule has 1 rings (SSSR count). The maximum Gasteiger partial charge on any atom is 0.131 e. The fourth-order valence-electron chi connectivity index (χ4n) is 1.00. The Kier molecular flexibility index (Phi) is 3.34. The van der Waals surface area contributed by atoms with Crippen LogP contribution in [0.4, 0.5) is 5.82 Å². The molecule has 0 bridgehead atoms. The van der Waals surface area contributed by atoms with E-state index < -0.39 is 0 Å². The molecule has 0 aliphatic rings. The Morgan fingerprint density at radius 2 is 2.17 bits per heavy atom. The molecule has 0 aromatic carbocycles. The SMILES string of the molecule is CCSc1ncnc(N)c1CC. The molecule has 1 aromatic rings. The van der Waals surface area contributed by atoms with Gasteiger partial charge in [0.25, 0.3) is 0 Å². The molecule has 1 heterocycles. The van der Waals surface area contributed by atoms with Crippen molar-refractivity contribution in [1.82, 2.24) is 9.97 Å². The minimum absolute atomic E-state index is 0.614. The molecule has 66 valence electrons. The van der Waals surface area contributed by atoms with Gasteiger partial charge in [0.05, 0.1) is 0 Å². The van der Waals surface area contributed by atoms with Crippen LogP contribution in [0.15, 0.2) is 11.4 Å². The van der Waals surface area contributed by atoms with Crippen LogP contribution in [0.1, 0.15) is 19.4 Å². The highest BCUT2D eigenvalue weighted by molar-refractivity contribution is 7.99. The average Bonchev–Trinajstić information content (AvgIpc) is 2.05. The molecule has 0 atom stereocenters. The summed E-state index contributed by atoms with van der Waals surface area (Å²) in [6.07, 6.45) is 2.42. The van der Waals surface area contributed by atoms with Crippen LogP contribution in [0.3, 0.4) is 0 Å². The quantitative estimate of drug-likeness (QED) is 0.573. The van der Waals surface area contributed by atoms with Gasteiger partial charge in [0.2, 0.25) is 0 Å². The Morgan fingerprint density at radius 3 is 2.75 bits per heavy atom. The van der Waals surface area contributed by atoms with Crippen LogP contribution >= 0.6 is 11.8 Å². The Hall–Kier alpha value is -0.770. The zero-order chi connectivity index (χ0) is 8.97. The number of nitrogens with zero attached hydrogens (tertiary/aromatic N) is 2. The fourth-order valence-corrected chi connectivity index (χ4v) is 1.82. The van der Waals surface area contributed by atoms with Crippen molar-refractivity contribution in [2.24, 2.45) is 0 Å². The zero-order valence-electron chi connectivity index (χ0n) is 7.37. The van der Waals surface area contributed by atoms with Crippen LogP contribution in [0.25, 0.3) is 0 Å². The molecule has 0 saturated heterocycles. The summed E-state index contributed by atoms with van der Waals surface area (Å²) >= 11 is 1.71. The van der Waals surface area contributed by atoms with Gasteiger partial charge in [-0.15, -0.1) is 11.8 Å². The van der Waals surface area contributed by atoms with Crippen molar-refractivity contribution in [3.05, 3.63) is 11.9 Å². The van der Waals surface area contributed by atoms with Gasteiger partial charge in [-0.25, -0.2) is 9.97 Å². The van der Waals surface area contributed by atoms with Gasteiger partial charge in [-0.1, -0.05) is 13.8 Å². The molecule has 12 heavy (non-hydrogen) atoms. The second kappa shape index (κ2) is 4.30. The molecule has 2 N–H and O–H groups in total. The third kappa shape index (κ3) is 1.88. The number of hydrogen-bond acceptors (Lipinski definition) is 4. The molecular formula is C8H13N3S. The van der Waals surface area contributed by atoms with Crippen molar-refractivity contribution in [1.29, 1.82) is 0 Å². The molecule has 1 aromatic heterocycles. The maximum atomic E-state index is 5.70. The highest BCUT2D eigenvalue weighted by Gasteiger charge is 2.05. The molecule has 0 amide bonds. The molecule has 0 radical (unpaired) electrons. The van der Waals surface area contributed by atoms with Crippen molar-refractivity contribution in [3.63, 3.8) is 0 Å². The maximum absolute atomic E-state index is 5.70. The van der Waals surface area contributed by atoms with Gasteiger partial charge >= 0.3 is 0 Å². The van der Waals surface area contributed by atoms with E-state index in [2.05, 4.69) is 23.8 Å². The van der Waals surface area contributed by atoms with Gasteiger partial charge in [-0.05, 0) is 12.2 Å². The Bertz CT molecular complexity index is 262. The standard InChI is InChI=1S/C8H13N3S/c1-3-6-7(9)10-5-11-8(6)12-4-2/h5H,3-4H2,1-2H3,(H2,9,10,11). The number of nitrogens with two attached hydrogens (primary N) is 1. The Labute approximate surface area is 76.8 Å². The van der Waals surface area contributed by atoms with E-state index in [1.54, 1.807) is 11.8 Å². The van der Waals surface area contributed by atoms with Gasteiger partial charge in [0.1, 0.15) is 17.2 Å². The lowest BCUT2D eigenvalue weighted by Crippen LogP contribution is -2.00. The summed E-state index contributed by atoms with van der Waals surface area (Å²) in [4.78, 5) is 8.12. The van der Waals surface area contributed by atoms with Crippen LogP contribution in [0.5, 0.6) is 0 Å². The van der Waals surface area contributed by atoms with Crippen LogP contribution in [0.2, 0.25) is 0 Å². The molecule has 0 fully saturated rings. The summed E-state index contributed by atoms with van der Waals surface area (Å²) in [5.74, 6) is 1.63. The lowest BCUT2D eigenvalue weighted by molar-refractivity contribution is 0.953. The number of thioether (sulfide) groups is 1. The molecule has 4 heteroatoms. The summed E-state index contributed by atoms with van der Waals surface area (Å²) < 4.78 is 0. The van der Waals surface area contributed by atoms with Crippen molar-refractivity contribution in [2.45, 2.75) is 25.3 Å². The molecule has 0 unspecified atom stereocenters. The van der Waals surface area contributed by atoms with Gasteiger partial charge in [-0.3, -0.25) is 0 Å². The van der Waals surface area contributed by atoms with Gasteiger partial charge < -0.3 is 5.73 Å². The van der Waals surface area contributed by atoms with E-state index in [0.29, 0.717) is 5.82 Å². The van der Waals surface area contributed by atoms with E-state index >= 15 is 0 Å². The molecule has 0 saturated carbocycles. The Balaban J connectivity index is 3.00. The summed E-state index contributed by atoms with van der Waals surface area (Å²) in [5, 5.41) is 1.02. The molecule has 0 aliphatic carbocycles. The predicted molar refractivity (Wildman–Crippen MR) is 52.2 cm³/mol. The summed E-state index contributed by atoms with van der Waals surface area (Å²) in [6, 6.07) is 0. The summed E-state index contributed by atoms with van der Waals surface area (Å²) in [6.45, 7) is 4.16. The minimum Gasteiger partial charge on any atom is -0.383 e. The number of rotatable bonds is 3. The van der Waals surface area contributed by atoms with E-state index in [-0.39, 0.29) is 0 Å². The van der Waals surface area contributed by atoms with Gasteiger partial charge in [0.15, 0.2) is 0 Å². The lowest BCUT2D eigenvalue weighted by Gasteiger charge is -2.05. The third-order valence-corrected chi connectivity index (χ3v) is 2.49. The first-order chi connectivity index (χ1) is 5.79. The van der Waals surface area contributed by atoms with E-state index in [0.717, 1.165) is 22.8 Å². The average molecular weight is 183 g/mol. The first-order valence-corrected chi connectivity index (χ1v) is 5.00. The highest BCUT2D eigenvalue weighted by atomic mass is 32.2. The van der Waals surface area contributed by atoms with Crippen LogP contribution in [-0.4, -0.2) is 15.7 Å². The second-order valence-electron chi connectivity index (χ2n) is 2.33. The predicted octanol–water partition coefficient (Wildman–Crippen LogP) is 1.73. The van der Waals surface area contributed by atoms with E-state index in [9.17, 15) is 0 Å². The summed E-state index contributed by atoms with van der Waals surface area (Å²) in [5.41, 5.74) is 6.77. The monoisotopic (exact) mass is 183 g/mol. The van der Waals surface area contributed by atoms with Crippen molar-refractivity contribution in [3.8, 4) is 0 Å². The molecule has 3 nitrogen and oxygen atoms in total. The topological polar surface area (TPSA) is 51.8 Å². The van der Waals surface area contributed by atoms with Crippen LogP contribution in [0, 0.1) is 0 Å². The van der Waals surface area contributed by atoms with Crippen molar-refractivity contribution in [2.75, 3.05) is 11.5 Å². The number of anilines is 1. The number of hydrogen-bond donors (Lipinski definition) is 1. The number of aromatic nitrogens is 2. The molecular weight excluding hydrogens is 170 g/mol. The van der Waals surface area contributed by atoms with E-state index in [1.807, 2.05) is 0 Å². The first kappa shape index (κ1) is 9.32. The summed E-state index contributed by atoms with van der Waals surface area (Å²) in [7, 11) is 0. The second-order valence-corrected chi connectivity index (χ2v) is 3.58. The number of nitrogen functional groups attached to an aromatic ring is 1. The molecule has 0 spiro atoms. The largest absolute Gasteiger partial charge is 0.383 e. The van der Waals surface area contributed by atoms with Crippen molar-refractivity contribution < 1.29 is 0 Å². The zero-order valence-corrected chi connectivity index (χ0v) is 8.19. The highest BCUT2D eigenvalue weighted by Crippen LogP contribution is 2.22. The first-order valence-electron chi connectivity index (χ1n) is 4.01. The lowest BCUT2D eigenvalue weighted by atomic mass is 10.2. The van der Waals surface area contributed by atoms with E-state index in [1.165, 1.54) is 6.33 Å². The molecule has 0 aliphatic heterocycles. The van der Waals surface area contributed by atoms with Gasteiger partial charge in [0, 0.05) is 5.56 Å². The normalized spacial score (nSPS) is 10.2. The van der Waals surface area contributed by atoms with Crippen molar-refractivity contribution >= 4 is 17.6 Å². The minimum atomic E-state index is 0.614.